The van der Waals surface area contributed by atoms with Gasteiger partial charge >= 0.3 is 0 Å². The number of aromatic nitrogens is 5. The number of rotatable bonds is 3. The summed E-state index contributed by atoms with van der Waals surface area (Å²) >= 11 is 0. The zero-order chi connectivity index (χ0) is 18.4. The zero-order valence-electron chi connectivity index (χ0n) is 14.5. The zero-order valence-corrected chi connectivity index (χ0v) is 14.5. The van der Waals surface area contributed by atoms with Crippen molar-refractivity contribution in [2.45, 2.75) is 33.2 Å². The van der Waals surface area contributed by atoms with Crippen molar-refractivity contribution in [3.05, 3.63) is 29.6 Å². The molecule has 3 rings (SSSR count). The van der Waals surface area contributed by atoms with Crippen molar-refractivity contribution >= 4 is 34.3 Å². The highest BCUT2D eigenvalue weighted by Crippen LogP contribution is 2.27. The van der Waals surface area contributed by atoms with Gasteiger partial charge in [-0.15, -0.1) is 10.2 Å². The number of aryl methyl sites for hydroxylation is 1. The smallest absolute Gasteiger partial charge is 0.273 e. The minimum absolute atomic E-state index is 0.0501. The molecule has 5 N–H and O–H groups in total. The first-order valence-electron chi connectivity index (χ1n) is 7.72. The Morgan fingerprint density at radius 2 is 1.96 bits per heavy atom. The second kappa shape index (κ2) is 5.69. The largest absolute Gasteiger partial charge is 0.366 e. The molecule has 9 nitrogen and oxygen atoms in total. The highest BCUT2D eigenvalue weighted by molar-refractivity contribution is 5.96. The number of hydrogen-bond donors (Lipinski definition) is 3. The van der Waals surface area contributed by atoms with Gasteiger partial charge in [-0.05, 0) is 45.4 Å². The van der Waals surface area contributed by atoms with E-state index in [9.17, 15) is 4.79 Å². The molecule has 0 radical (unpaired) electrons. The molecule has 1 aromatic carbocycles. The highest BCUT2D eigenvalue weighted by Gasteiger charge is 2.17. The van der Waals surface area contributed by atoms with Crippen LogP contribution in [0.4, 0.5) is 17.5 Å². The summed E-state index contributed by atoms with van der Waals surface area (Å²) < 4.78 is 1.92. The van der Waals surface area contributed by atoms with E-state index < -0.39 is 5.91 Å². The molecule has 0 saturated heterocycles. The number of nitrogen functional groups attached to an aromatic ring is 1. The number of anilines is 3. The Hall–Kier alpha value is -3.23. The molecular formula is C16H20N8O. The minimum atomic E-state index is -0.735. The van der Waals surface area contributed by atoms with Gasteiger partial charge < -0.3 is 16.8 Å². The van der Waals surface area contributed by atoms with Crippen molar-refractivity contribution in [1.82, 2.24) is 25.0 Å². The molecular weight excluding hydrogens is 320 g/mol. The SMILES string of the molecule is Cc1cc(Nc2nc(N)nnc2C(N)=O)cc2cn(C(C)(C)C)nc12. The van der Waals surface area contributed by atoms with Gasteiger partial charge in [0.1, 0.15) is 0 Å². The number of benzene rings is 1. The lowest BCUT2D eigenvalue weighted by atomic mass is 10.1. The Labute approximate surface area is 144 Å². The van der Waals surface area contributed by atoms with Gasteiger partial charge in [0.25, 0.3) is 5.91 Å². The third-order valence-electron chi connectivity index (χ3n) is 3.69. The summed E-state index contributed by atoms with van der Waals surface area (Å²) in [5, 5.41) is 15.9. The molecule has 0 aliphatic heterocycles. The number of nitrogens with one attached hydrogen (secondary N) is 1. The number of amides is 1. The van der Waals surface area contributed by atoms with E-state index in [0.717, 1.165) is 22.2 Å². The summed E-state index contributed by atoms with van der Waals surface area (Å²) in [6.45, 7) is 8.22. The molecule has 0 bridgehead atoms. The topological polar surface area (TPSA) is 138 Å². The van der Waals surface area contributed by atoms with Crippen LogP contribution in [-0.4, -0.2) is 30.9 Å². The number of carbonyl (C=O) groups is 1. The predicted molar refractivity (Wildman–Crippen MR) is 95.5 cm³/mol. The van der Waals surface area contributed by atoms with Crippen LogP contribution in [0.5, 0.6) is 0 Å². The predicted octanol–water partition coefficient (Wildman–Crippen LogP) is 1.71. The number of nitrogens with two attached hydrogens (primary N) is 2. The van der Waals surface area contributed by atoms with Crippen molar-refractivity contribution < 1.29 is 4.79 Å². The first-order valence-corrected chi connectivity index (χ1v) is 7.72. The van der Waals surface area contributed by atoms with Crippen LogP contribution < -0.4 is 16.8 Å². The monoisotopic (exact) mass is 340 g/mol. The average Bonchev–Trinajstić information content (AvgIpc) is 2.91. The Morgan fingerprint density at radius 1 is 1.24 bits per heavy atom. The van der Waals surface area contributed by atoms with Crippen LogP contribution in [-0.2, 0) is 5.54 Å². The maximum Gasteiger partial charge on any atom is 0.273 e. The second-order valence-electron chi connectivity index (χ2n) is 6.83. The van der Waals surface area contributed by atoms with E-state index in [-0.39, 0.29) is 23.0 Å². The van der Waals surface area contributed by atoms with Gasteiger partial charge in [-0.2, -0.15) is 10.1 Å². The summed E-state index contributed by atoms with van der Waals surface area (Å²) in [5.74, 6) is -0.617. The first kappa shape index (κ1) is 16.6. The molecule has 0 aliphatic carbocycles. The van der Waals surface area contributed by atoms with Crippen molar-refractivity contribution in [3.8, 4) is 0 Å². The van der Waals surface area contributed by atoms with Crippen LogP contribution in [0.3, 0.4) is 0 Å². The van der Waals surface area contributed by atoms with Crippen LogP contribution in [0.15, 0.2) is 18.3 Å². The fraction of sp³-hybridized carbons (Fsp3) is 0.312. The summed E-state index contributed by atoms with van der Waals surface area (Å²) in [5.41, 5.74) is 13.3. The number of fused-ring (bicyclic) bond motifs is 1. The maximum absolute atomic E-state index is 11.5. The van der Waals surface area contributed by atoms with Gasteiger partial charge in [-0.25, -0.2) is 0 Å². The summed E-state index contributed by atoms with van der Waals surface area (Å²) in [6, 6.07) is 3.83. The molecule has 0 atom stereocenters. The fourth-order valence-corrected chi connectivity index (χ4v) is 2.45. The molecule has 2 heterocycles. The van der Waals surface area contributed by atoms with Crippen LogP contribution in [0.2, 0.25) is 0 Å². The van der Waals surface area contributed by atoms with E-state index in [0.29, 0.717) is 0 Å². The molecule has 0 saturated carbocycles. The Bertz CT molecular complexity index is 970. The average molecular weight is 340 g/mol. The van der Waals surface area contributed by atoms with E-state index in [1.54, 1.807) is 0 Å². The quantitative estimate of drug-likeness (QED) is 0.659. The third-order valence-corrected chi connectivity index (χ3v) is 3.69. The second-order valence-corrected chi connectivity index (χ2v) is 6.83. The molecule has 130 valence electrons. The van der Waals surface area contributed by atoms with Crippen molar-refractivity contribution in [2.24, 2.45) is 5.73 Å². The fourth-order valence-electron chi connectivity index (χ4n) is 2.45. The van der Waals surface area contributed by atoms with Gasteiger partial charge in [-0.1, -0.05) is 0 Å². The summed E-state index contributed by atoms with van der Waals surface area (Å²) in [7, 11) is 0. The van der Waals surface area contributed by atoms with E-state index in [2.05, 4.69) is 46.4 Å². The normalized spacial score (nSPS) is 11.7. The van der Waals surface area contributed by atoms with E-state index >= 15 is 0 Å². The van der Waals surface area contributed by atoms with E-state index in [4.69, 9.17) is 11.5 Å². The molecule has 9 heteroatoms. The molecule has 0 fully saturated rings. The van der Waals surface area contributed by atoms with Gasteiger partial charge in [0, 0.05) is 17.3 Å². The first-order chi connectivity index (χ1) is 11.6. The maximum atomic E-state index is 11.5. The number of nitrogens with zero attached hydrogens (tertiary/aromatic N) is 5. The Balaban J connectivity index is 2.06. The molecule has 25 heavy (non-hydrogen) atoms. The lowest BCUT2D eigenvalue weighted by Gasteiger charge is -2.18. The third kappa shape index (κ3) is 3.21. The Morgan fingerprint density at radius 3 is 2.60 bits per heavy atom. The van der Waals surface area contributed by atoms with Crippen LogP contribution in [0.25, 0.3) is 10.9 Å². The van der Waals surface area contributed by atoms with Gasteiger partial charge in [0.2, 0.25) is 5.95 Å². The minimum Gasteiger partial charge on any atom is -0.366 e. The standard InChI is InChI=1S/C16H20N8O/c1-8-5-10(6-9-7-24(16(2,3)4)23-11(8)9)19-14-12(13(17)25)21-22-15(18)20-14/h5-7H,1-4H3,(H2,17,25)(H3,18,19,20,22). The molecule has 1 amide bonds. The molecule has 3 aromatic rings. The lowest BCUT2D eigenvalue weighted by Crippen LogP contribution is -2.21. The van der Waals surface area contributed by atoms with E-state index in [1.165, 1.54) is 0 Å². The number of carbonyl (C=O) groups excluding carboxylic acids is 1. The Kier molecular flexibility index (Phi) is 3.78. The molecule has 0 spiro atoms. The van der Waals surface area contributed by atoms with Gasteiger partial charge in [0.05, 0.1) is 11.1 Å². The van der Waals surface area contributed by atoms with Crippen molar-refractivity contribution in [3.63, 3.8) is 0 Å². The van der Waals surface area contributed by atoms with Crippen LogP contribution in [0, 0.1) is 6.92 Å². The lowest BCUT2D eigenvalue weighted by molar-refractivity contribution is 0.0995. The van der Waals surface area contributed by atoms with Crippen LogP contribution in [0.1, 0.15) is 36.8 Å². The highest BCUT2D eigenvalue weighted by atomic mass is 16.1. The van der Waals surface area contributed by atoms with E-state index in [1.807, 2.05) is 29.9 Å². The summed E-state index contributed by atoms with van der Waals surface area (Å²) in [6.07, 6.45) is 1.98. The number of primary amides is 1. The van der Waals surface area contributed by atoms with Gasteiger partial charge in [-0.3, -0.25) is 9.48 Å². The molecule has 0 unspecified atom stereocenters. The number of hydrogen-bond acceptors (Lipinski definition) is 7. The molecule has 2 aromatic heterocycles. The van der Waals surface area contributed by atoms with Gasteiger partial charge in [0.15, 0.2) is 11.5 Å². The van der Waals surface area contributed by atoms with Crippen molar-refractivity contribution in [1.29, 1.82) is 0 Å². The van der Waals surface area contributed by atoms with Crippen molar-refractivity contribution in [2.75, 3.05) is 11.1 Å². The molecule has 0 aliphatic rings. The van der Waals surface area contributed by atoms with Crippen LogP contribution >= 0.6 is 0 Å². The summed E-state index contributed by atoms with van der Waals surface area (Å²) in [4.78, 5) is 15.5.